The van der Waals surface area contributed by atoms with Gasteiger partial charge in [0.15, 0.2) is 0 Å². The second-order valence-corrected chi connectivity index (χ2v) is 6.87. The molecule has 2 rings (SSSR count). The lowest BCUT2D eigenvalue weighted by Crippen LogP contribution is -2.41. The highest BCUT2D eigenvalue weighted by molar-refractivity contribution is 14.1. The fraction of sp³-hybridized carbons (Fsp3) is 0.200. The highest BCUT2D eigenvalue weighted by Gasteiger charge is 2.13. The third kappa shape index (κ3) is 4.04. The molecular formula is C15H15IN2O2S. The summed E-state index contributed by atoms with van der Waals surface area (Å²) < 4.78 is 1.05. The molecule has 6 heteroatoms. The molecule has 0 radical (unpaired) electrons. The van der Waals surface area contributed by atoms with Gasteiger partial charge >= 0.3 is 0 Å². The maximum Gasteiger partial charge on any atom is 0.279 e. The fourth-order valence-electron chi connectivity index (χ4n) is 1.83. The Morgan fingerprint density at radius 1 is 1.14 bits per heavy atom. The van der Waals surface area contributed by atoms with E-state index in [-0.39, 0.29) is 11.8 Å². The lowest BCUT2D eigenvalue weighted by atomic mass is 10.2. The van der Waals surface area contributed by atoms with Crippen LogP contribution in [0.5, 0.6) is 0 Å². The maximum absolute atomic E-state index is 12.0. The van der Waals surface area contributed by atoms with E-state index in [1.165, 1.54) is 16.2 Å². The molecule has 1 aromatic heterocycles. The van der Waals surface area contributed by atoms with Gasteiger partial charge in [-0.25, -0.2) is 0 Å². The van der Waals surface area contributed by atoms with E-state index in [9.17, 15) is 9.59 Å². The predicted octanol–water partition coefficient (Wildman–Crippen LogP) is 3.30. The highest BCUT2D eigenvalue weighted by atomic mass is 127. The zero-order chi connectivity index (χ0) is 15.4. The first-order valence-corrected chi connectivity index (χ1v) is 8.36. The predicted molar refractivity (Wildman–Crippen MR) is 92.5 cm³/mol. The van der Waals surface area contributed by atoms with Gasteiger partial charge in [-0.05, 0) is 71.8 Å². The van der Waals surface area contributed by atoms with Crippen molar-refractivity contribution in [1.29, 1.82) is 0 Å². The monoisotopic (exact) mass is 414 g/mol. The van der Waals surface area contributed by atoms with Crippen LogP contribution >= 0.6 is 33.9 Å². The molecule has 1 aromatic carbocycles. The van der Waals surface area contributed by atoms with Gasteiger partial charge in [0.25, 0.3) is 11.8 Å². The second kappa shape index (κ2) is 7.04. The number of halogens is 1. The van der Waals surface area contributed by atoms with Crippen molar-refractivity contribution in [2.75, 3.05) is 0 Å². The van der Waals surface area contributed by atoms with Crippen LogP contribution in [0.4, 0.5) is 0 Å². The average Bonchev–Trinajstić information content (AvgIpc) is 2.86. The highest BCUT2D eigenvalue weighted by Crippen LogP contribution is 2.21. The quantitative estimate of drug-likeness (QED) is 0.598. The summed E-state index contributed by atoms with van der Waals surface area (Å²) in [5.41, 5.74) is 6.49. The number of amides is 2. The summed E-state index contributed by atoms with van der Waals surface area (Å²) in [6, 6.07) is 8.96. The Bertz CT molecular complexity index is 665. The summed E-state index contributed by atoms with van der Waals surface area (Å²) in [5, 5.41) is 0. The summed E-state index contributed by atoms with van der Waals surface area (Å²) in [7, 11) is 0. The molecule has 2 amide bonds. The number of carbonyl (C=O) groups is 2. The van der Waals surface area contributed by atoms with E-state index in [1.54, 1.807) is 12.1 Å². The molecule has 0 aliphatic rings. The number of hydrogen-bond acceptors (Lipinski definition) is 3. The molecule has 0 unspecified atom stereocenters. The van der Waals surface area contributed by atoms with Crippen molar-refractivity contribution in [2.24, 2.45) is 0 Å². The Morgan fingerprint density at radius 3 is 2.33 bits per heavy atom. The third-order valence-electron chi connectivity index (χ3n) is 2.96. The molecular weight excluding hydrogens is 399 g/mol. The topological polar surface area (TPSA) is 58.2 Å². The Hall–Kier alpha value is -1.41. The third-order valence-corrected chi connectivity index (χ3v) is 5.06. The van der Waals surface area contributed by atoms with Gasteiger partial charge in [0.05, 0.1) is 4.88 Å². The van der Waals surface area contributed by atoms with Crippen molar-refractivity contribution in [2.45, 2.75) is 20.3 Å². The van der Waals surface area contributed by atoms with Crippen LogP contribution in [0.2, 0.25) is 0 Å². The Labute approximate surface area is 141 Å². The van der Waals surface area contributed by atoms with Gasteiger partial charge in [0, 0.05) is 14.0 Å². The lowest BCUT2D eigenvalue weighted by molar-refractivity contribution is 0.0849. The van der Waals surface area contributed by atoms with Crippen molar-refractivity contribution >= 4 is 45.7 Å². The normalized spacial score (nSPS) is 10.2. The average molecular weight is 414 g/mol. The van der Waals surface area contributed by atoms with E-state index >= 15 is 0 Å². The van der Waals surface area contributed by atoms with Gasteiger partial charge < -0.3 is 0 Å². The van der Waals surface area contributed by atoms with E-state index in [4.69, 9.17) is 0 Å². The number of benzene rings is 1. The minimum Gasteiger partial charge on any atom is -0.267 e. The Morgan fingerprint density at radius 2 is 1.76 bits per heavy atom. The lowest BCUT2D eigenvalue weighted by Gasteiger charge is -2.06. The molecule has 0 aliphatic heterocycles. The van der Waals surface area contributed by atoms with Gasteiger partial charge in [0.1, 0.15) is 0 Å². The Balaban J connectivity index is 1.97. The van der Waals surface area contributed by atoms with Gasteiger partial charge in [-0.15, -0.1) is 11.3 Å². The second-order valence-electron chi connectivity index (χ2n) is 4.49. The van der Waals surface area contributed by atoms with Crippen molar-refractivity contribution < 1.29 is 9.59 Å². The van der Waals surface area contributed by atoms with E-state index in [0.717, 1.165) is 15.6 Å². The number of hydrazine groups is 1. The zero-order valence-electron chi connectivity index (χ0n) is 11.7. The van der Waals surface area contributed by atoms with Gasteiger partial charge in [-0.2, -0.15) is 0 Å². The van der Waals surface area contributed by atoms with E-state index in [2.05, 4.69) is 40.4 Å². The van der Waals surface area contributed by atoms with Crippen molar-refractivity contribution in [3.63, 3.8) is 0 Å². The van der Waals surface area contributed by atoms with Gasteiger partial charge in [-0.1, -0.05) is 6.92 Å². The number of rotatable bonds is 3. The molecule has 110 valence electrons. The first-order valence-electron chi connectivity index (χ1n) is 6.46. The van der Waals surface area contributed by atoms with Crippen LogP contribution in [-0.4, -0.2) is 11.8 Å². The molecule has 2 N–H and O–H groups in total. The number of carbonyl (C=O) groups excluding carboxylic acids is 2. The van der Waals surface area contributed by atoms with Crippen LogP contribution in [0.3, 0.4) is 0 Å². The molecule has 0 bridgehead atoms. The van der Waals surface area contributed by atoms with Crippen molar-refractivity contribution in [3.8, 4) is 0 Å². The molecule has 0 saturated heterocycles. The van der Waals surface area contributed by atoms with E-state index in [1.807, 2.05) is 25.1 Å². The van der Waals surface area contributed by atoms with Gasteiger partial charge in [-0.3, -0.25) is 20.4 Å². The van der Waals surface area contributed by atoms with E-state index in [0.29, 0.717) is 10.4 Å². The Kier molecular flexibility index (Phi) is 5.35. The smallest absolute Gasteiger partial charge is 0.267 e. The number of thiophene rings is 1. The standard InChI is InChI=1S/C15H15IN2O2S/c1-3-12-9(2)8-13(21-12)15(20)18-17-14(19)10-4-6-11(16)7-5-10/h4-8H,3H2,1-2H3,(H,17,19)(H,18,20). The SMILES string of the molecule is CCc1sc(C(=O)NNC(=O)c2ccc(I)cc2)cc1C. The van der Waals surface area contributed by atoms with Crippen LogP contribution in [0.1, 0.15) is 37.4 Å². The number of nitrogens with one attached hydrogen (secondary N) is 2. The molecule has 0 spiro atoms. The van der Waals surface area contributed by atoms with Crippen LogP contribution in [0.25, 0.3) is 0 Å². The van der Waals surface area contributed by atoms with Crippen LogP contribution < -0.4 is 10.9 Å². The summed E-state index contributed by atoms with van der Waals surface area (Å²) in [5.74, 6) is -0.620. The zero-order valence-corrected chi connectivity index (χ0v) is 14.7. The molecule has 21 heavy (non-hydrogen) atoms. The maximum atomic E-state index is 12.0. The molecule has 0 fully saturated rings. The first kappa shape index (κ1) is 16.0. The minimum absolute atomic E-state index is 0.290. The first-order chi connectivity index (χ1) is 10.0. The van der Waals surface area contributed by atoms with Gasteiger partial charge in [0.2, 0.25) is 0 Å². The van der Waals surface area contributed by atoms with Crippen LogP contribution in [-0.2, 0) is 6.42 Å². The summed E-state index contributed by atoms with van der Waals surface area (Å²) >= 11 is 3.62. The van der Waals surface area contributed by atoms with Crippen molar-refractivity contribution in [1.82, 2.24) is 10.9 Å². The van der Waals surface area contributed by atoms with E-state index < -0.39 is 0 Å². The largest absolute Gasteiger partial charge is 0.279 e. The van der Waals surface area contributed by atoms with Crippen LogP contribution in [0, 0.1) is 10.5 Å². The number of aryl methyl sites for hydroxylation is 2. The summed E-state index contributed by atoms with van der Waals surface area (Å²) in [6.45, 7) is 4.04. The van der Waals surface area contributed by atoms with Crippen molar-refractivity contribution in [3.05, 3.63) is 54.8 Å². The minimum atomic E-state index is -0.330. The summed E-state index contributed by atoms with van der Waals surface area (Å²) in [6.07, 6.45) is 0.902. The number of hydrogen-bond donors (Lipinski definition) is 2. The fourth-order valence-corrected chi connectivity index (χ4v) is 3.20. The molecule has 0 atom stereocenters. The molecule has 1 heterocycles. The molecule has 2 aromatic rings. The molecule has 4 nitrogen and oxygen atoms in total. The van der Waals surface area contributed by atoms with Crippen LogP contribution in [0.15, 0.2) is 30.3 Å². The summed E-state index contributed by atoms with van der Waals surface area (Å²) in [4.78, 5) is 25.7. The molecule has 0 aliphatic carbocycles. The molecule has 0 saturated carbocycles.